The molecule has 0 saturated carbocycles. The third kappa shape index (κ3) is 8.61. The standard InChI is InChI=1S/C29H31F3N2O4/c1-2-3-4-5-6-26(38-24-14-9-21(10-15-24)28(37)33-18-17-27(35)36)22-11-16-25(34-19-22)20-7-12-23(13-8-20)29(30,31)32/h7-16,19,26H,2-6,17-18H2,1H3,(H,33,37)(H,35,36)/t26-/m1/s1. The molecule has 1 aromatic heterocycles. The molecular formula is C29H31F3N2O4. The number of pyridine rings is 1. The van der Waals surface area contributed by atoms with Gasteiger partial charge in [0.2, 0.25) is 0 Å². The van der Waals surface area contributed by atoms with E-state index in [4.69, 9.17) is 9.84 Å². The highest BCUT2D eigenvalue weighted by Gasteiger charge is 2.30. The van der Waals surface area contributed by atoms with E-state index in [1.54, 1.807) is 36.5 Å². The maximum Gasteiger partial charge on any atom is 0.416 e. The molecule has 0 aliphatic heterocycles. The lowest BCUT2D eigenvalue weighted by Gasteiger charge is -2.20. The molecule has 38 heavy (non-hydrogen) atoms. The van der Waals surface area contributed by atoms with Gasteiger partial charge >= 0.3 is 12.1 Å². The normalized spacial score (nSPS) is 12.1. The maximum atomic E-state index is 12.9. The molecule has 0 fully saturated rings. The summed E-state index contributed by atoms with van der Waals surface area (Å²) in [6.07, 6.45) is 1.82. The van der Waals surface area contributed by atoms with Crippen LogP contribution in [-0.2, 0) is 11.0 Å². The third-order valence-electron chi connectivity index (χ3n) is 6.01. The summed E-state index contributed by atoms with van der Waals surface area (Å²) >= 11 is 0. The topological polar surface area (TPSA) is 88.5 Å². The van der Waals surface area contributed by atoms with Crippen molar-refractivity contribution in [2.24, 2.45) is 0 Å². The number of hydrogen-bond acceptors (Lipinski definition) is 4. The van der Waals surface area contributed by atoms with Gasteiger partial charge in [-0.1, -0.05) is 44.4 Å². The molecule has 202 valence electrons. The van der Waals surface area contributed by atoms with E-state index in [2.05, 4.69) is 17.2 Å². The maximum absolute atomic E-state index is 12.9. The predicted octanol–water partition coefficient (Wildman–Crippen LogP) is 7.06. The highest BCUT2D eigenvalue weighted by Crippen LogP contribution is 2.32. The Hall–Kier alpha value is -3.88. The van der Waals surface area contributed by atoms with Gasteiger partial charge in [0.15, 0.2) is 0 Å². The Morgan fingerprint density at radius 1 is 0.974 bits per heavy atom. The van der Waals surface area contributed by atoms with Crippen molar-refractivity contribution in [3.63, 3.8) is 0 Å². The minimum atomic E-state index is -4.39. The van der Waals surface area contributed by atoms with E-state index in [-0.39, 0.29) is 25.0 Å². The summed E-state index contributed by atoms with van der Waals surface area (Å²) in [6, 6.07) is 15.1. The van der Waals surface area contributed by atoms with E-state index in [1.807, 2.05) is 6.07 Å². The SMILES string of the molecule is CCCCCC[C@@H](Oc1ccc(C(=O)NCCC(=O)O)cc1)c1ccc(-c2ccc(C(F)(F)F)cc2)nc1. The van der Waals surface area contributed by atoms with Crippen molar-refractivity contribution in [1.29, 1.82) is 0 Å². The number of alkyl halides is 3. The smallest absolute Gasteiger partial charge is 0.416 e. The number of amides is 1. The van der Waals surface area contributed by atoms with Crippen LogP contribution in [0.1, 0.15) is 73.0 Å². The Morgan fingerprint density at radius 2 is 1.68 bits per heavy atom. The number of halogens is 3. The van der Waals surface area contributed by atoms with Crippen molar-refractivity contribution in [1.82, 2.24) is 10.3 Å². The number of nitrogens with zero attached hydrogens (tertiary/aromatic N) is 1. The number of carbonyl (C=O) groups excluding carboxylic acids is 1. The molecule has 1 heterocycles. The van der Waals surface area contributed by atoms with Crippen molar-refractivity contribution in [2.75, 3.05) is 6.54 Å². The zero-order valence-corrected chi connectivity index (χ0v) is 21.1. The largest absolute Gasteiger partial charge is 0.486 e. The first kappa shape index (κ1) is 28.7. The number of rotatable bonds is 13. The fraction of sp³-hybridized carbons (Fsp3) is 0.345. The number of unbranched alkanes of at least 4 members (excludes halogenated alkanes) is 3. The molecule has 9 heteroatoms. The molecule has 0 saturated heterocycles. The molecule has 3 aromatic rings. The lowest BCUT2D eigenvalue weighted by Crippen LogP contribution is -2.25. The number of aliphatic carboxylic acids is 1. The minimum absolute atomic E-state index is 0.0434. The van der Waals surface area contributed by atoms with Gasteiger partial charge < -0.3 is 15.2 Å². The summed E-state index contributed by atoms with van der Waals surface area (Å²) in [5, 5.41) is 11.3. The number of carbonyl (C=O) groups is 2. The molecule has 2 N–H and O–H groups in total. The molecular weight excluding hydrogens is 497 g/mol. The Morgan fingerprint density at radius 3 is 2.26 bits per heavy atom. The quantitative estimate of drug-likeness (QED) is 0.232. The summed E-state index contributed by atoms with van der Waals surface area (Å²) in [7, 11) is 0. The van der Waals surface area contributed by atoms with E-state index in [1.165, 1.54) is 12.1 Å². The number of ether oxygens (including phenoxy) is 1. The summed E-state index contributed by atoms with van der Waals surface area (Å²) < 4.78 is 44.8. The summed E-state index contributed by atoms with van der Waals surface area (Å²) in [6.45, 7) is 2.18. The average molecular weight is 529 g/mol. The number of carboxylic acids is 1. The monoisotopic (exact) mass is 528 g/mol. The average Bonchev–Trinajstić information content (AvgIpc) is 2.90. The van der Waals surface area contributed by atoms with Crippen LogP contribution in [0.15, 0.2) is 66.9 Å². The second-order valence-electron chi connectivity index (χ2n) is 8.93. The number of benzene rings is 2. The molecule has 3 rings (SSSR count). The van der Waals surface area contributed by atoms with E-state index < -0.39 is 17.7 Å². The number of carboxylic acid groups (broad SMARTS) is 1. The first-order valence-corrected chi connectivity index (χ1v) is 12.6. The van der Waals surface area contributed by atoms with Crippen molar-refractivity contribution in [2.45, 2.75) is 57.7 Å². The van der Waals surface area contributed by atoms with Gasteiger partial charge in [-0.15, -0.1) is 0 Å². The Kier molecular flexibility index (Phi) is 10.3. The van der Waals surface area contributed by atoms with Crippen LogP contribution in [0.4, 0.5) is 13.2 Å². The lowest BCUT2D eigenvalue weighted by atomic mass is 10.0. The number of nitrogens with one attached hydrogen (secondary N) is 1. The van der Waals surface area contributed by atoms with Crippen LogP contribution in [-0.4, -0.2) is 28.5 Å². The van der Waals surface area contributed by atoms with Gasteiger partial charge in [0.05, 0.1) is 17.7 Å². The van der Waals surface area contributed by atoms with Crippen LogP contribution < -0.4 is 10.1 Å². The molecule has 0 aliphatic rings. The first-order chi connectivity index (χ1) is 18.2. The van der Waals surface area contributed by atoms with Crippen LogP contribution in [0, 0.1) is 0 Å². The second-order valence-corrected chi connectivity index (χ2v) is 8.93. The van der Waals surface area contributed by atoms with Gasteiger partial charge in [0.1, 0.15) is 11.9 Å². The van der Waals surface area contributed by atoms with Crippen LogP contribution in [0.2, 0.25) is 0 Å². The van der Waals surface area contributed by atoms with Crippen molar-refractivity contribution in [3.8, 4) is 17.0 Å². The van der Waals surface area contributed by atoms with E-state index in [0.717, 1.165) is 49.8 Å². The molecule has 6 nitrogen and oxygen atoms in total. The van der Waals surface area contributed by atoms with Crippen LogP contribution in [0.25, 0.3) is 11.3 Å². The van der Waals surface area contributed by atoms with Crippen LogP contribution in [0.3, 0.4) is 0 Å². The number of aromatic nitrogens is 1. The van der Waals surface area contributed by atoms with Gasteiger partial charge in [0.25, 0.3) is 5.91 Å². The highest BCUT2D eigenvalue weighted by atomic mass is 19.4. The molecule has 1 atom stereocenters. The third-order valence-corrected chi connectivity index (χ3v) is 6.01. The molecule has 0 bridgehead atoms. The molecule has 2 aromatic carbocycles. The number of hydrogen-bond donors (Lipinski definition) is 2. The second kappa shape index (κ2) is 13.6. The summed E-state index contributed by atoms with van der Waals surface area (Å²) in [5.74, 6) is -0.780. The Labute approximate surface area is 219 Å². The molecule has 0 aliphatic carbocycles. The highest BCUT2D eigenvalue weighted by molar-refractivity contribution is 5.94. The van der Waals surface area contributed by atoms with Crippen molar-refractivity contribution < 1.29 is 32.6 Å². The molecule has 0 spiro atoms. The van der Waals surface area contributed by atoms with Gasteiger partial charge in [0, 0.05) is 29.4 Å². The first-order valence-electron chi connectivity index (χ1n) is 12.6. The fourth-order valence-electron chi connectivity index (χ4n) is 3.88. The summed E-state index contributed by atoms with van der Waals surface area (Å²) in [4.78, 5) is 27.3. The Bertz CT molecular complexity index is 1180. The van der Waals surface area contributed by atoms with E-state index in [0.29, 0.717) is 22.6 Å². The zero-order valence-electron chi connectivity index (χ0n) is 21.1. The van der Waals surface area contributed by atoms with Gasteiger partial charge in [-0.25, -0.2) is 0 Å². The van der Waals surface area contributed by atoms with E-state index in [9.17, 15) is 22.8 Å². The van der Waals surface area contributed by atoms with Gasteiger partial charge in [-0.3, -0.25) is 14.6 Å². The minimum Gasteiger partial charge on any atom is -0.486 e. The molecule has 1 amide bonds. The molecule has 0 radical (unpaired) electrons. The summed E-state index contributed by atoms with van der Waals surface area (Å²) in [5.41, 5.74) is 1.67. The van der Waals surface area contributed by atoms with Crippen LogP contribution >= 0.6 is 0 Å². The van der Waals surface area contributed by atoms with E-state index >= 15 is 0 Å². The fourth-order valence-corrected chi connectivity index (χ4v) is 3.88. The lowest BCUT2D eigenvalue weighted by molar-refractivity contribution is -0.138. The van der Waals surface area contributed by atoms with Crippen molar-refractivity contribution >= 4 is 11.9 Å². The predicted molar refractivity (Wildman–Crippen MR) is 138 cm³/mol. The van der Waals surface area contributed by atoms with Crippen molar-refractivity contribution in [3.05, 3.63) is 83.6 Å². The van der Waals surface area contributed by atoms with Crippen LogP contribution in [0.5, 0.6) is 5.75 Å². The zero-order chi connectivity index (χ0) is 27.5. The molecule has 0 unspecified atom stereocenters. The Balaban J connectivity index is 1.71. The van der Waals surface area contributed by atoms with Gasteiger partial charge in [-0.2, -0.15) is 13.2 Å². The van der Waals surface area contributed by atoms with Gasteiger partial charge in [-0.05, 0) is 55.3 Å².